The van der Waals surface area contributed by atoms with Gasteiger partial charge in [-0.05, 0) is 23.8 Å². The summed E-state index contributed by atoms with van der Waals surface area (Å²) < 4.78 is 1.57. The number of aromatic nitrogens is 4. The van der Waals surface area contributed by atoms with Crippen molar-refractivity contribution < 1.29 is 0 Å². The first-order valence-corrected chi connectivity index (χ1v) is 6.58. The maximum absolute atomic E-state index is 11.1. The van der Waals surface area contributed by atoms with Gasteiger partial charge in [-0.25, -0.2) is 5.10 Å². The van der Waals surface area contributed by atoms with Crippen molar-refractivity contribution in [3.63, 3.8) is 0 Å². The molecular weight excluding hydrogens is 290 g/mol. The third kappa shape index (κ3) is 2.41. The largest absolute Gasteiger partial charge is 0.383 e. The molecule has 0 bridgehead atoms. The van der Waals surface area contributed by atoms with E-state index in [2.05, 4.69) is 15.3 Å². The molecule has 0 spiro atoms. The van der Waals surface area contributed by atoms with Crippen molar-refractivity contribution >= 4 is 17.4 Å². The molecule has 0 atom stereocenters. The van der Waals surface area contributed by atoms with Crippen LogP contribution in [-0.2, 0) is 7.05 Å². The van der Waals surface area contributed by atoms with Crippen LogP contribution in [-0.4, -0.2) is 20.0 Å². The zero-order valence-electron chi connectivity index (χ0n) is 11.2. The molecule has 106 valence electrons. The van der Waals surface area contributed by atoms with Crippen LogP contribution < -0.4 is 11.3 Å². The quantitative estimate of drug-likeness (QED) is 0.758. The van der Waals surface area contributed by atoms with Gasteiger partial charge in [0.25, 0.3) is 5.56 Å². The van der Waals surface area contributed by atoms with E-state index >= 15 is 0 Å². The number of nitrogen functional groups attached to an aromatic ring is 1. The molecule has 0 aliphatic heterocycles. The highest BCUT2D eigenvalue weighted by Crippen LogP contribution is 2.35. The summed E-state index contributed by atoms with van der Waals surface area (Å²) in [5.74, 6) is 0.500. The molecule has 3 aromatic rings. The van der Waals surface area contributed by atoms with E-state index in [-0.39, 0.29) is 5.56 Å². The maximum atomic E-state index is 11.1. The van der Waals surface area contributed by atoms with Gasteiger partial charge >= 0.3 is 0 Å². The standard InChI is InChI=1S/C14H12ClN5O/c1-20-14(16)12(8-3-2-4-9(15)7-8)13(19-20)10-5-6-11(21)18-17-10/h2-7H,16H2,1H3,(H,18,21). The Morgan fingerprint density at radius 2 is 2.10 bits per heavy atom. The molecule has 0 saturated carbocycles. The molecule has 3 rings (SSSR count). The van der Waals surface area contributed by atoms with Crippen LogP contribution in [0, 0.1) is 0 Å². The van der Waals surface area contributed by atoms with Crippen molar-refractivity contribution in [3.8, 4) is 22.5 Å². The number of nitrogens with one attached hydrogen (secondary N) is 1. The highest BCUT2D eigenvalue weighted by Gasteiger charge is 2.18. The minimum absolute atomic E-state index is 0.271. The summed E-state index contributed by atoms with van der Waals surface area (Å²) in [5.41, 5.74) is 8.55. The highest BCUT2D eigenvalue weighted by molar-refractivity contribution is 6.30. The molecule has 0 amide bonds. The van der Waals surface area contributed by atoms with Crippen molar-refractivity contribution in [2.75, 3.05) is 5.73 Å². The van der Waals surface area contributed by atoms with Crippen molar-refractivity contribution in [2.24, 2.45) is 7.05 Å². The molecule has 6 nitrogen and oxygen atoms in total. The Balaban J connectivity index is 2.25. The molecule has 0 aliphatic rings. The number of aromatic amines is 1. The average molecular weight is 302 g/mol. The van der Waals surface area contributed by atoms with Gasteiger partial charge < -0.3 is 5.73 Å². The van der Waals surface area contributed by atoms with Crippen molar-refractivity contribution in [3.05, 3.63) is 51.8 Å². The third-order valence-corrected chi connectivity index (χ3v) is 3.36. The lowest BCUT2D eigenvalue weighted by Crippen LogP contribution is -2.06. The molecule has 0 unspecified atom stereocenters. The molecule has 0 fully saturated rings. The topological polar surface area (TPSA) is 89.6 Å². The predicted molar refractivity (Wildman–Crippen MR) is 81.9 cm³/mol. The third-order valence-electron chi connectivity index (χ3n) is 3.13. The van der Waals surface area contributed by atoms with Crippen LogP contribution in [0.3, 0.4) is 0 Å². The number of hydrogen-bond donors (Lipinski definition) is 2. The fourth-order valence-electron chi connectivity index (χ4n) is 2.12. The summed E-state index contributed by atoms with van der Waals surface area (Å²) in [5, 5.41) is 11.4. The van der Waals surface area contributed by atoms with Gasteiger partial charge in [-0.15, -0.1) is 0 Å². The van der Waals surface area contributed by atoms with E-state index in [4.69, 9.17) is 17.3 Å². The van der Waals surface area contributed by atoms with Crippen LogP contribution in [0.2, 0.25) is 5.02 Å². The molecule has 21 heavy (non-hydrogen) atoms. The fraction of sp³-hybridized carbons (Fsp3) is 0.0714. The molecule has 2 heterocycles. The molecule has 2 aromatic heterocycles. The zero-order valence-corrected chi connectivity index (χ0v) is 11.9. The summed E-state index contributed by atoms with van der Waals surface area (Å²) in [4.78, 5) is 11.1. The van der Waals surface area contributed by atoms with Gasteiger partial charge in [0.05, 0.1) is 5.56 Å². The van der Waals surface area contributed by atoms with Crippen LogP contribution >= 0.6 is 11.6 Å². The second kappa shape index (κ2) is 5.06. The predicted octanol–water partition coefficient (Wildman–Crippen LogP) is 2.07. The summed E-state index contributed by atoms with van der Waals surface area (Å²) in [6.07, 6.45) is 0. The lowest BCUT2D eigenvalue weighted by atomic mass is 10.0. The number of aryl methyl sites for hydroxylation is 1. The first-order valence-electron chi connectivity index (χ1n) is 6.21. The Morgan fingerprint density at radius 3 is 2.76 bits per heavy atom. The molecule has 0 radical (unpaired) electrons. The number of hydrogen-bond acceptors (Lipinski definition) is 4. The van der Waals surface area contributed by atoms with E-state index < -0.39 is 0 Å². The van der Waals surface area contributed by atoms with Crippen molar-refractivity contribution in [2.45, 2.75) is 0 Å². The fourth-order valence-corrected chi connectivity index (χ4v) is 2.31. The van der Waals surface area contributed by atoms with E-state index in [1.807, 2.05) is 18.2 Å². The normalized spacial score (nSPS) is 10.8. The number of nitrogens with two attached hydrogens (primary N) is 1. The molecular formula is C14H12ClN5O. The number of nitrogens with zero attached hydrogens (tertiary/aromatic N) is 3. The molecule has 3 N–H and O–H groups in total. The number of benzene rings is 1. The van der Waals surface area contributed by atoms with Gasteiger partial charge in [0.1, 0.15) is 17.2 Å². The lowest BCUT2D eigenvalue weighted by Gasteiger charge is -2.04. The summed E-state index contributed by atoms with van der Waals surface area (Å²) in [6, 6.07) is 10.3. The van der Waals surface area contributed by atoms with Gasteiger partial charge in [-0.2, -0.15) is 10.2 Å². The first-order chi connectivity index (χ1) is 10.1. The van der Waals surface area contributed by atoms with Crippen LogP contribution in [0.4, 0.5) is 5.82 Å². The summed E-state index contributed by atoms with van der Waals surface area (Å²) in [6.45, 7) is 0. The van der Waals surface area contributed by atoms with Gasteiger partial charge in [0, 0.05) is 18.1 Å². The maximum Gasteiger partial charge on any atom is 0.264 e. The van der Waals surface area contributed by atoms with E-state index in [0.717, 1.165) is 11.1 Å². The average Bonchev–Trinajstić information content (AvgIpc) is 2.76. The van der Waals surface area contributed by atoms with Gasteiger partial charge in [0.15, 0.2) is 0 Å². The zero-order chi connectivity index (χ0) is 15.0. The minimum atomic E-state index is -0.271. The Labute approximate surface area is 125 Å². The van der Waals surface area contributed by atoms with E-state index in [0.29, 0.717) is 22.2 Å². The van der Waals surface area contributed by atoms with Crippen LogP contribution in [0.5, 0.6) is 0 Å². The smallest absolute Gasteiger partial charge is 0.264 e. The molecule has 7 heteroatoms. The van der Waals surface area contributed by atoms with Gasteiger partial charge in [-0.1, -0.05) is 23.7 Å². The summed E-state index contributed by atoms with van der Waals surface area (Å²) in [7, 11) is 1.75. The van der Waals surface area contributed by atoms with E-state index in [9.17, 15) is 4.79 Å². The Morgan fingerprint density at radius 1 is 1.29 bits per heavy atom. The SMILES string of the molecule is Cn1nc(-c2ccc(=O)[nH]n2)c(-c2cccc(Cl)c2)c1N. The second-order valence-corrected chi connectivity index (χ2v) is 4.99. The van der Waals surface area contributed by atoms with Crippen LogP contribution in [0.15, 0.2) is 41.2 Å². The number of anilines is 1. The van der Waals surface area contributed by atoms with Crippen LogP contribution in [0.1, 0.15) is 0 Å². The Bertz CT molecular complexity index is 848. The monoisotopic (exact) mass is 301 g/mol. The highest BCUT2D eigenvalue weighted by atomic mass is 35.5. The Kier molecular flexibility index (Phi) is 3.23. The minimum Gasteiger partial charge on any atom is -0.383 e. The Hall–Kier alpha value is -2.60. The van der Waals surface area contributed by atoms with E-state index in [1.165, 1.54) is 6.07 Å². The number of halogens is 1. The summed E-state index contributed by atoms with van der Waals surface area (Å²) >= 11 is 6.04. The van der Waals surface area contributed by atoms with Crippen LogP contribution in [0.25, 0.3) is 22.5 Å². The van der Waals surface area contributed by atoms with Gasteiger partial charge in [0.2, 0.25) is 0 Å². The first kappa shape index (κ1) is 13.4. The van der Waals surface area contributed by atoms with Crippen molar-refractivity contribution in [1.29, 1.82) is 0 Å². The van der Waals surface area contributed by atoms with E-state index in [1.54, 1.807) is 23.9 Å². The number of rotatable bonds is 2. The second-order valence-electron chi connectivity index (χ2n) is 4.55. The lowest BCUT2D eigenvalue weighted by molar-refractivity contribution is 0.780. The number of H-pyrrole nitrogens is 1. The molecule has 1 aromatic carbocycles. The van der Waals surface area contributed by atoms with Gasteiger partial charge in [-0.3, -0.25) is 9.48 Å². The molecule has 0 aliphatic carbocycles. The molecule has 0 saturated heterocycles. The van der Waals surface area contributed by atoms with Crippen molar-refractivity contribution in [1.82, 2.24) is 20.0 Å².